The second kappa shape index (κ2) is 8.16. The highest BCUT2D eigenvalue weighted by molar-refractivity contribution is 14.0. The molecule has 0 saturated carbocycles. The van der Waals surface area contributed by atoms with E-state index in [-0.39, 0.29) is 24.0 Å². The van der Waals surface area contributed by atoms with Gasteiger partial charge in [0.15, 0.2) is 5.96 Å². The molecule has 96 valence electrons. The third kappa shape index (κ3) is 5.25. The molecule has 1 aromatic carbocycles. The Morgan fingerprint density at radius 3 is 2.41 bits per heavy atom. The van der Waals surface area contributed by atoms with Gasteiger partial charge in [-0.2, -0.15) is 0 Å². The maximum Gasteiger partial charge on any atom is 0.191 e. The van der Waals surface area contributed by atoms with Gasteiger partial charge in [-0.15, -0.1) is 24.0 Å². The number of nitrogens with zero attached hydrogens (tertiary/aromatic N) is 2. The number of guanidine groups is 1. The zero-order valence-electron chi connectivity index (χ0n) is 10.5. The van der Waals surface area contributed by atoms with Gasteiger partial charge in [0.1, 0.15) is 5.75 Å². The summed E-state index contributed by atoms with van der Waals surface area (Å²) in [7, 11) is 3.60. The number of nitrogens with two attached hydrogens (primary N) is 1. The summed E-state index contributed by atoms with van der Waals surface area (Å²) < 4.78 is 5.37. The Balaban J connectivity index is 0.00000256. The highest BCUT2D eigenvalue weighted by Crippen LogP contribution is 2.13. The molecule has 0 amide bonds. The van der Waals surface area contributed by atoms with Crippen LogP contribution in [0.3, 0.4) is 0 Å². The van der Waals surface area contributed by atoms with Gasteiger partial charge in [-0.3, -0.25) is 4.99 Å². The summed E-state index contributed by atoms with van der Waals surface area (Å²) in [6, 6.07) is 7.99. The van der Waals surface area contributed by atoms with E-state index in [2.05, 4.69) is 4.99 Å². The van der Waals surface area contributed by atoms with Gasteiger partial charge < -0.3 is 15.4 Å². The summed E-state index contributed by atoms with van der Waals surface area (Å²) in [5.41, 5.74) is 6.87. The van der Waals surface area contributed by atoms with Gasteiger partial charge in [0.2, 0.25) is 0 Å². The van der Waals surface area contributed by atoms with Crippen LogP contribution < -0.4 is 10.5 Å². The Bertz CT molecular complexity index is 351. The van der Waals surface area contributed by atoms with Gasteiger partial charge in [-0.05, 0) is 24.6 Å². The van der Waals surface area contributed by atoms with Crippen LogP contribution in [0.5, 0.6) is 5.75 Å². The summed E-state index contributed by atoms with van der Waals surface area (Å²) in [4.78, 5) is 5.83. The molecular weight excluding hydrogens is 329 g/mol. The lowest BCUT2D eigenvalue weighted by Gasteiger charge is -2.17. The highest BCUT2D eigenvalue weighted by atomic mass is 127. The van der Waals surface area contributed by atoms with Crippen molar-refractivity contribution in [1.82, 2.24) is 4.90 Å². The van der Waals surface area contributed by atoms with Crippen LogP contribution in [0.25, 0.3) is 0 Å². The fourth-order valence-electron chi connectivity index (χ4n) is 1.38. The van der Waals surface area contributed by atoms with Gasteiger partial charge in [0, 0.05) is 20.6 Å². The van der Waals surface area contributed by atoms with Crippen molar-refractivity contribution in [2.75, 3.05) is 20.7 Å². The normalized spacial score (nSPS) is 10.6. The molecule has 0 heterocycles. The number of aliphatic imine (C=N–C) groups is 1. The topological polar surface area (TPSA) is 50.9 Å². The number of rotatable bonds is 4. The van der Waals surface area contributed by atoms with Crippen LogP contribution in [-0.2, 0) is 6.54 Å². The number of ether oxygens (including phenoxy) is 1. The molecule has 17 heavy (non-hydrogen) atoms. The predicted octanol–water partition coefficient (Wildman–Crippen LogP) is 2.08. The van der Waals surface area contributed by atoms with Crippen molar-refractivity contribution in [3.63, 3.8) is 0 Å². The van der Waals surface area contributed by atoms with Crippen molar-refractivity contribution in [3.8, 4) is 5.75 Å². The molecule has 0 aliphatic heterocycles. The molecule has 0 aromatic heterocycles. The molecule has 5 heteroatoms. The molecule has 0 radical (unpaired) electrons. The molecule has 0 fully saturated rings. The molecule has 2 N–H and O–H groups in total. The van der Waals surface area contributed by atoms with Crippen molar-refractivity contribution in [3.05, 3.63) is 29.8 Å². The van der Waals surface area contributed by atoms with Crippen molar-refractivity contribution in [2.45, 2.75) is 13.5 Å². The monoisotopic (exact) mass is 349 g/mol. The molecule has 0 aliphatic carbocycles. The van der Waals surface area contributed by atoms with Gasteiger partial charge >= 0.3 is 0 Å². The Morgan fingerprint density at radius 1 is 1.35 bits per heavy atom. The maximum absolute atomic E-state index is 5.69. The third-order valence-corrected chi connectivity index (χ3v) is 2.27. The molecule has 1 aromatic rings. The van der Waals surface area contributed by atoms with Gasteiger partial charge in [-0.25, -0.2) is 0 Å². The molecule has 4 nitrogen and oxygen atoms in total. The number of hydrogen-bond acceptors (Lipinski definition) is 2. The van der Waals surface area contributed by atoms with E-state index in [0.717, 1.165) is 12.3 Å². The molecule has 0 saturated heterocycles. The quantitative estimate of drug-likeness (QED) is 0.515. The Labute approximate surface area is 120 Å². The summed E-state index contributed by atoms with van der Waals surface area (Å²) in [5, 5.41) is 0. The second-order valence-corrected chi connectivity index (χ2v) is 3.51. The number of halogens is 1. The van der Waals surface area contributed by atoms with Crippen molar-refractivity contribution in [2.24, 2.45) is 10.7 Å². The first-order valence-electron chi connectivity index (χ1n) is 5.32. The summed E-state index contributed by atoms with van der Waals surface area (Å²) >= 11 is 0. The minimum absolute atomic E-state index is 0. The lowest BCUT2D eigenvalue weighted by Crippen LogP contribution is -2.33. The van der Waals surface area contributed by atoms with Crippen LogP contribution in [0.1, 0.15) is 12.5 Å². The predicted molar refractivity (Wildman–Crippen MR) is 82.0 cm³/mol. The average Bonchev–Trinajstić information content (AvgIpc) is 2.31. The van der Waals surface area contributed by atoms with Crippen LogP contribution in [0.15, 0.2) is 29.3 Å². The molecule has 0 unspecified atom stereocenters. The van der Waals surface area contributed by atoms with E-state index in [0.29, 0.717) is 12.6 Å². The van der Waals surface area contributed by atoms with Gasteiger partial charge in [-0.1, -0.05) is 12.1 Å². The third-order valence-electron chi connectivity index (χ3n) is 2.27. The van der Waals surface area contributed by atoms with Crippen molar-refractivity contribution in [1.29, 1.82) is 0 Å². The van der Waals surface area contributed by atoms with E-state index in [1.54, 1.807) is 7.05 Å². The molecule has 0 spiro atoms. The maximum atomic E-state index is 5.69. The Hall–Kier alpha value is -0.980. The summed E-state index contributed by atoms with van der Waals surface area (Å²) in [5.74, 6) is 1.43. The fourth-order valence-corrected chi connectivity index (χ4v) is 1.38. The van der Waals surface area contributed by atoms with Gasteiger partial charge in [0.05, 0.1) is 6.61 Å². The second-order valence-electron chi connectivity index (χ2n) is 3.51. The minimum Gasteiger partial charge on any atom is -0.494 e. The average molecular weight is 349 g/mol. The fraction of sp³-hybridized carbons (Fsp3) is 0.417. The van der Waals surface area contributed by atoms with E-state index < -0.39 is 0 Å². The lowest BCUT2D eigenvalue weighted by atomic mass is 10.2. The first-order chi connectivity index (χ1) is 7.67. The first-order valence-corrected chi connectivity index (χ1v) is 5.32. The molecular formula is C12H20IN3O. The summed E-state index contributed by atoms with van der Waals surface area (Å²) in [6.07, 6.45) is 0. The van der Waals surface area contributed by atoms with E-state index >= 15 is 0 Å². The van der Waals surface area contributed by atoms with Gasteiger partial charge in [0.25, 0.3) is 0 Å². The van der Waals surface area contributed by atoms with Crippen LogP contribution in [0.4, 0.5) is 0 Å². The molecule has 0 bridgehead atoms. The van der Waals surface area contributed by atoms with Crippen LogP contribution in [-0.4, -0.2) is 31.6 Å². The van der Waals surface area contributed by atoms with E-state index in [9.17, 15) is 0 Å². The standard InChI is InChI=1S/C12H19N3O.HI/c1-4-16-11-7-5-10(6-8-11)9-15(3)12(13)14-2;/h5-8H,4,9H2,1-3H3,(H2,13,14);1H. The van der Waals surface area contributed by atoms with Crippen LogP contribution >= 0.6 is 24.0 Å². The van der Waals surface area contributed by atoms with Crippen molar-refractivity contribution < 1.29 is 4.74 Å². The zero-order chi connectivity index (χ0) is 12.0. The Kier molecular flexibility index (Phi) is 7.69. The minimum atomic E-state index is 0. The molecule has 0 aliphatic rings. The first kappa shape index (κ1) is 16.0. The molecule has 0 atom stereocenters. The zero-order valence-corrected chi connectivity index (χ0v) is 12.8. The van der Waals surface area contributed by atoms with E-state index in [4.69, 9.17) is 10.5 Å². The summed E-state index contributed by atoms with van der Waals surface area (Å²) in [6.45, 7) is 3.41. The van der Waals surface area contributed by atoms with E-state index in [1.807, 2.05) is 43.1 Å². The smallest absolute Gasteiger partial charge is 0.191 e. The highest BCUT2D eigenvalue weighted by Gasteiger charge is 2.02. The Morgan fingerprint density at radius 2 is 1.94 bits per heavy atom. The number of benzene rings is 1. The number of hydrogen-bond donors (Lipinski definition) is 1. The van der Waals surface area contributed by atoms with E-state index in [1.165, 1.54) is 5.56 Å². The molecule has 1 rings (SSSR count). The van der Waals surface area contributed by atoms with Crippen LogP contribution in [0, 0.1) is 0 Å². The SMILES string of the molecule is CCOc1ccc(CN(C)C(N)=NC)cc1.I. The lowest BCUT2D eigenvalue weighted by molar-refractivity contribution is 0.340. The van der Waals surface area contributed by atoms with Crippen molar-refractivity contribution >= 4 is 29.9 Å². The largest absolute Gasteiger partial charge is 0.494 e. The van der Waals surface area contributed by atoms with Crippen LogP contribution in [0.2, 0.25) is 0 Å².